The standard InChI is InChI=1S/C14H18BrN3O2/c1-16-13-9-5-10(15)12(6-11(9)17-14(13)20)18-4-2-3-8(18)7-19/h5-6,8,13,16,19H,2-4,7H2,1H3,(H,17,20). The lowest BCUT2D eigenvalue weighted by molar-refractivity contribution is -0.117. The van der Waals surface area contributed by atoms with Crippen LogP contribution in [-0.4, -0.2) is 37.3 Å². The molecule has 2 aliphatic heterocycles. The van der Waals surface area contributed by atoms with Gasteiger partial charge >= 0.3 is 0 Å². The zero-order valence-corrected chi connectivity index (χ0v) is 12.9. The Labute approximate surface area is 126 Å². The zero-order valence-electron chi connectivity index (χ0n) is 11.3. The smallest absolute Gasteiger partial charge is 0.246 e. The van der Waals surface area contributed by atoms with Gasteiger partial charge in [-0.15, -0.1) is 0 Å². The highest BCUT2D eigenvalue weighted by atomic mass is 79.9. The molecule has 6 heteroatoms. The summed E-state index contributed by atoms with van der Waals surface area (Å²) in [4.78, 5) is 14.1. The van der Waals surface area contributed by atoms with Crippen LogP contribution in [-0.2, 0) is 4.79 Å². The molecule has 0 aliphatic carbocycles. The number of rotatable bonds is 3. The largest absolute Gasteiger partial charge is 0.394 e. The number of anilines is 2. The topological polar surface area (TPSA) is 64.6 Å². The molecule has 5 nitrogen and oxygen atoms in total. The third-order valence-corrected chi connectivity index (χ3v) is 4.77. The molecule has 2 heterocycles. The SMILES string of the molecule is CNC1C(=O)Nc2cc(N3CCCC3CO)c(Br)cc21. The summed E-state index contributed by atoms with van der Waals surface area (Å²) in [5.41, 5.74) is 2.86. The van der Waals surface area contributed by atoms with E-state index in [4.69, 9.17) is 0 Å². The molecule has 0 aromatic heterocycles. The Kier molecular flexibility index (Phi) is 3.70. The summed E-state index contributed by atoms with van der Waals surface area (Å²) >= 11 is 3.60. The number of hydrogen-bond acceptors (Lipinski definition) is 4. The summed E-state index contributed by atoms with van der Waals surface area (Å²) in [6.45, 7) is 1.10. The summed E-state index contributed by atoms with van der Waals surface area (Å²) in [5, 5.41) is 15.4. The van der Waals surface area contributed by atoms with Crippen molar-refractivity contribution in [1.29, 1.82) is 0 Å². The average molecular weight is 340 g/mol. The summed E-state index contributed by atoms with van der Waals surface area (Å²) in [7, 11) is 1.78. The quantitative estimate of drug-likeness (QED) is 0.783. The van der Waals surface area contributed by atoms with E-state index in [0.29, 0.717) is 0 Å². The van der Waals surface area contributed by atoms with Gasteiger partial charge in [0.25, 0.3) is 0 Å². The first-order chi connectivity index (χ1) is 9.65. The zero-order chi connectivity index (χ0) is 14.3. The number of nitrogens with zero attached hydrogens (tertiary/aromatic N) is 1. The molecule has 0 spiro atoms. The minimum atomic E-state index is -0.289. The van der Waals surface area contributed by atoms with Crippen LogP contribution in [0.2, 0.25) is 0 Å². The van der Waals surface area contributed by atoms with E-state index in [1.54, 1.807) is 7.05 Å². The highest BCUT2D eigenvalue weighted by Gasteiger charge is 2.32. The van der Waals surface area contributed by atoms with Crippen molar-refractivity contribution >= 4 is 33.2 Å². The predicted octanol–water partition coefficient (Wildman–Crippen LogP) is 1.62. The van der Waals surface area contributed by atoms with E-state index in [1.807, 2.05) is 12.1 Å². The summed E-state index contributed by atoms with van der Waals surface area (Å²) in [6.07, 6.45) is 2.09. The maximum absolute atomic E-state index is 11.9. The fourth-order valence-electron chi connectivity index (χ4n) is 3.12. The van der Waals surface area contributed by atoms with Gasteiger partial charge in [-0.2, -0.15) is 0 Å². The van der Waals surface area contributed by atoms with Crippen molar-refractivity contribution in [1.82, 2.24) is 5.32 Å². The highest BCUT2D eigenvalue weighted by molar-refractivity contribution is 9.10. The Morgan fingerprint density at radius 3 is 3.05 bits per heavy atom. The second-order valence-electron chi connectivity index (χ2n) is 5.27. The molecule has 1 aromatic rings. The van der Waals surface area contributed by atoms with E-state index in [-0.39, 0.29) is 24.6 Å². The molecule has 3 rings (SSSR count). The molecular formula is C14H18BrN3O2. The van der Waals surface area contributed by atoms with Crippen LogP contribution >= 0.6 is 15.9 Å². The number of aliphatic hydroxyl groups excluding tert-OH is 1. The van der Waals surface area contributed by atoms with E-state index < -0.39 is 0 Å². The van der Waals surface area contributed by atoms with Crippen LogP contribution in [0, 0.1) is 0 Å². The molecule has 0 bridgehead atoms. The van der Waals surface area contributed by atoms with Crippen LogP contribution < -0.4 is 15.5 Å². The lowest BCUT2D eigenvalue weighted by atomic mass is 10.1. The van der Waals surface area contributed by atoms with Crippen molar-refractivity contribution in [2.24, 2.45) is 0 Å². The van der Waals surface area contributed by atoms with Crippen LogP contribution in [0.3, 0.4) is 0 Å². The third kappa shape index (κ3) is 2.12. The van der Waals surface area contributed by atoms with Crippen LogP contribution in [0.25, 0.3) is 0 Å². The molecule has 3 N–H and O–H groups in total. The first-order valence-corrected chi connectivity index (χ1v) is 7.64. The summed E-state index contributed by atoms with van der Waals surface area (Å²) < 4.78 is 0.966. The number of likely N-dealkylation sites (N-methyl/N-ethyl adjacent to an activating group) is 1. The van der Waals surface area contributed by atoms with Gasteiger partial charge in [-0.05, 0) is 48.0 Å². The fourth-order valence-corrected chi connectivity index (χ4v) is 3.71. The number of nitrogens with one attached hydrogen (secondary N) is 2. The maximum Gasteiger partial charge on any atom is 0.246 e. The second kappa shape index (κ2) is 5.35. The van der Waals surface area contributed by atoms with Gasteiger partial charge in [0.05, 0.1) is 18.3 Å². The summed E-state index contributed by atoms with van der Waals surface area (Å²) in [5.74, 6) is -0.0216. The van der Waals surface area contributed by atoms with Crippen molar-refractivity contribution < 1.29 is 9.90 Å². The van der Waals surface area contributed by atoms with Crippen LogP contribution in [0.1, 0.15) is 24.4 Å². The maximum atomic E-state index is 11.9. The molecule has 2 unspecified atom stereocenters. The van der Waals surface area contributed by atoms with Gasteiger partial charge in [-0.3, -0.25) is 4.79 Å². The number of halogens is 1. The Morgan fingerprint density at radius 2 is 2.35 bits per heavy atom. The predicted molar refractivity (Wildman–Crippen MR) is 82.0 cm³/mol. The number of aliphatic hydroxyl groups is 1. The molecule has 20 heavy (non-hydrogen) atoms. The van der Waals surface area contributed by atoms with Crippen molar-refractivity contribution in [2.75, 3.05) is 30.4 Å². The van der Waals surface area contributed by atoms with Crippen molar-refractivity contribution in [3.8, 4) is 0 Å². The molecule has 1 amide bonds. The van der Waals surface area contributed by atoms with Crippen LogP contribution in [0.4, 0.5) is 11.4 Å². The first-order valence-electron chi connectivity index (χ1n) is 6.84. The molecular weight excluding hydrogens is 322 g/mol. The minimum Gasteiger partial charge on any atom is -0.394 e. The molecule has 1 aromatic carbocycles. The van der Waals surface area contributed by atoms with Gasteiger partial charge in [-0.25, -0.2) is 0 Å². The van der Waals surface area contributed by atoms with Gasteiger partial charge < -0.3 is 20.6 Å². The van der Waals surface area contributed by atoms with Crippen LogP contribution in [0.15, 0.2) is 16.6 Å². The summed E-state index contributed by atoms with van der Waals surface area (Å²) in [6, 6.07) is 3.88. The Hall–Kier alpha value is -1.11. The number of carbonyl (C=O) groups is 1. The monoisotopic (exact) mass is 339 g/mol. The number of carbonyl (C=O) groups excluding carboxylic acids is 1. The van der Waals surface area contributed by atoms with Gasteiger partial charge in [-0.1, -0.05) is 0 Å². The van der Waals surface area contributed by atoms with Crippen molar-refractivity contribution in [3.63, 3.8) is 0 Å². The van der Waals surface area contributed by atoms with Gasteiger partial charge in [0.2, 0.25) is 5.91 Å². The minimum absolute atomic E-state index is 0.0216. The first kappa shape index (κ1) is 13.9. The Bertz CT molecular complexity index is 549. The molecule has 2 aliphatic rings. The molecule has 0 saturated carbocycles. The number of amides is 1. The number of fused-ring (bicyclic) bond motifs is 1. The highest BCUT2D eigenvalue weighted by Crippen LogP contribution is 2.40. The van der Waals surface area contributed by atoms with E-state index in [0.717, 1.165) is 40.8 Å². The Balaban J connectivity index is 1.99. The van der Waals surface area contributed by atoms with Gasteiger partial charge in [0.15, 0.2) is 0 Å². The van der Waals surface area contributed by atoms with E-state index in [2.05, 4.69) is 31.5 Å². The Morgan fingerprint density at radius 1 is 1.55 bits per heavy atom. The number of benzene rings is 1. The van der Waals surface area contributed by atoms with Crippen molar-refractivity contribution in [3.05, 3.63) is 22.2 Å². The molecule has 108 valence electrons. The lowest BCUT2D eigenvalue weighted by Crippen LogP contribution is -2.32. The molecule has 0 radical (unpaired) electrons. The van der Waals surface area contributed by atoms with Crippen molar-refractivity contribution in [2.45, 2.75) is 24.9 Å². The molecule has 2 atom stereocenters. The normalized spacial score (nSPS) is 24.9. The lowest BCUT2D eigenvalue weighted by Gasteiger charge is -2.27. The van der Waals surface area contributed by atoms with Crippen LogP contribution in [0.5, 0.6) is 0 Å². The van der Waals surface area contributed by atoms with Gasteiger partial charge in [0.1, 0.15) is 6.04 Å². The van der Waals surface area contributed by atoms with E-state index >= 15 is 0 Å². The van der Waals surface area contributed by atoms with Gasteiger partial charge in [0, 0.05) is 22.3 Å². The fraction of sp³-hybridized carbons (Fsp3) is 0.500. The molecule has 1 fully saturated rings. The molecule has 1 saturated heterocycles. The average Bonchev–Trinajstić information content (AvgIpc) is 3.00. The van der Waals surface area contributed by atoms with E-state index in [1.165, 1.54) is 0 Å². The second-order valence-corrected chi connectivity index (χ2v) is 6.13. The van der Waals surface area contributed by atoms with E-state index in [9.17, 15) is 9.90 Å². The third-order valence-electron chi connectivity index (χ3n) is 4.14. The number of hydrogen-bond donors (Lipinski definition) is 3.